The molecule has 89 heavy (non-hydrogen) atoms. The highest BCUT2D eigenvalue weighted by Gasteiger charge is 2.46. The zero-order valence-corrected chi connectivity index (χ0v) is 52.2. The zero-order chi connectivity index (χ0) is 62.6. The maximum atomic E-state index is 17.4. The lowest BCUT2D eigenvalue weighted by molar-refractivity contribution is -0.141. The number of β-amino-alcohol motifs (C(OH)–C–C–N with tert-alkyl or cyclic N) is 1. The van der Waals surface area contributed by atoms with Crippen LogP contribution in [-0.4, -0.2) is 157 Å². The van der Waals surface area contributed by atoms with Crippen LogP contribution in [0, 0.1) is 48.7 Å². The van der Waals surface area contributed by atoms with Gasteiger partial charge in [0.1, 0.15) is 52.8 Å². The molecule has 9 heterocycles. The number of nitrogens with zero attached hydrogens (tertiary/aromatic N) is 10. The zero-order valence-electron chi connectivity index (χ0n) is 51.4. The molecular weight excluding hydrogens is 1160 g/mol. The Bertz CT molecular complexity index is 3820. The Morgan fingerprint density at radius 2 is 1.61 bits per heavy atom. The number of hydrogen-bond donors (Lipinski definition) is 3. The van der Waals surface area contributed by atoms with Crippen LogP contribution in [0.5, 0.6) is 11.8 Å². The molecule has 22 heteroatoms. The Morgan fingerprint density at radius 3 is 2.27 bits per heavy atom. The minimum Gasteiger partial charge on any atom is -0.508 e. The first-order valence-corrected chi connectivity index (χ1v) is 32.0. The second-order valence-electron chi connectivity index (χ2n) is 26.0. The lowest BCUT2D eigenvalue weighted by atomic mass is 9.79. The molecule has 0 saturated carbocycles. The Balaban J connectivity index is 0.671. The quantitative estimate of drug-likeness (QED) is 0.0814. The van der Waals surface area contributed by atoms with Crippen LogP contribution < -0.4 is 19.9 Å². The number of carbonyl (C=O) groups is 3. The van der Waals surface area contributed by atoms with Crippen molar-refractivity contribution in [2.45, 2.75) is 135 Å². The highest BCUT2D eigenvalue weighted by Crippen LogP contribution is 2.42. The predicted molar refractivity (Wildman–Crippen MR) is 336 cm³/mol. The van der Waals surface area contributed by atoms with Gasteiger partial charge in [0.2, 0.25) is 11.8 Å². The second-order valence-corrected chi connectivity index (χ2v) is 26.9. The molecule has 2 bridgehead atoms. The maximum absolute atomic E-state index is 17.4. The number of piperazine rings is 1. The first kappa shape index (κ1) is 61.2. The van der Waals surface area contributed by atoms with Gasteiger partial charge in [0.05, 0.1) is 51.3 Å². The van der Waals surface area contributed by atoms with Gasteiger partial charge in [-0.3, -0.25) is 24.4 Å². The van der Waals surface area contributed by atoms with E-state index in [0.29, 0.717) is 59.6 Å². The van der Waals surface area contributed by atoms with Gasteiger partial charge in [0, 0.05) is 68.9 Å². The van der Waals surface area contributed by atoms with E-state index >= 15 is 8.78 Å². The number of nitrogens with one attached hydrogen (secondary N) is 1. The topological polar surface area (TPSA) is 216 Å². The number of halogens is 2. The SMILES string of the molecule is C#Cc1c(F)ccc2cc(O)cc(-c3ncc4c(N5CC6CCC(C5)N6C(=O)OC(C)(C)C)nc(OCCN5CCC(C6CCN(c7cc([C@H](C(=O)N8C[C@H](O)C[C@H]8C(=O)N[C@@H](C)c8ccc(-c9scnc9C)cc8)C(C)C)on7)CC6)CC5)nc4c3F)c12. The lowest BCUT2D eigenvalue weighted by Crippen LogP contribution is -2.57. The van der Waals surface area contributed by atoms with Crippen LogP contribution in [0.3, 0.4) is 0 Å². The summed E-state index contributed by atoms with van der Waals surface area (Å²) in [5, 5.41) is 30.2. The van der Waals surface area contributed by atoms with E-state index in [0.717, 1.165) is 86.4 Å². The van der Waals surface area contributed by atoms with Gasteiger partial charge in [-0.15, -0.1) is 17.8 Å². The van der Waals surface area contributed by atoms with Gasteiger partial charge in [-0.25, -0.2) is 18.6 Å². The van der Waals surface area contributed by atoms with Crippen molar-refractivity contribution in [2.24, 2.45) is 17.8 Å². The van der Waals surface area contributed by atoms with Crippen molar-refractivity contribution in [1.82, 2.24) is 45.1 Å². The van der Waals surface area contributed by atoms with Gasteiger partial charge in [0.15, 0.2) is 17.4 Å². The highest BCUT2D eigenvalue weighted by molar-refractivity contribution is 7.13. The Kier molecular flexibility index (Phi) is 17.3. The Labute approximate surface area is 520 Å². The molecule has 3 aromatic carbocycles. The molecule has 0 spiro atoms. The number of rotatable bonds is 15. The number of piperidine rings is 2. The van der Waals surface area contributed by atoms with Crippen molar-refractivity contribution in [1.29, 1.82) is 0 Å². The molecule has 0 aliphatic carbocycles. The number of carbonyl (C=O) groups excluding carboxylic acids is 3. The molecular formula is C67H77F2N11O8S. The van der Waals surface area contributed by atoms with Crippen LogP contribution in [0.25, 0.3) is 43.4 Å². The average Bonchev–Trinajstić information content (AvgIpc) is 1.55. The van der Waals surface area contributed by atoms with Crippen molar-refractivity contribution in [3.63, 3.8) is 0 Å². The summed E-state index contributed by atoms with van der Waals surface area (Å²) >= 11 is 1.58. The van der Waals surface area contributed by atoms with E-state index in [1.54, 1.807) is 11.3 Å². The largest absolute Gasteiger partial charge is 0.508 e. The third-order valence-electron chi connectivity index (χ3n) is 18.7. The van der Waals surface area contributed by atoms with Crippen molar-refractivity contribution < 1.29 is 47.4 Å². The van der Waals surface area contributed by atoms with Crippen molar-refractivity contribution in [3.8, 4) is 45.8 Å². The summed E-state index contributed by atoms with van der Waals surface area (Å²) in [4.78, 5) is 71.5. The van der Waals surface area contributed by atoms with E-state index in [4.69, 9.17) is 25.4 Å². The van der Waals surface area contributed by atoms with Gasteiger partial charge >= 0.3 is 12.1 Å². The molecule has 7 aromatic rings. The first-order chi connectivity index (χ1) is 42.7. The predicted octanol–water partition coefficient (Wildman–Crippen LogP) is 10.4. The highest BCUT2D eigenvalue weighted by atomic mass is 32.1. The summed E-state index contributed by atoms with van der Waals surface area (Å²) in [6, 6.07) is 13.8. The number of likely N-dealkylation sites (tertiary alicyclic amines) is 2. The normalized spacial score (nSPS) is 21.0. The van der Waals surface area contributed by atoms with Crippen molar-refractivity contribution >= 4 is 62.6 Å². The number of aromatic nitrogens is 5. The van der Waals surface area contributed by atoms with Gasteiger partial charge in [-0.2, -0.15) is 9.97 Å². The summed E-state index contributed by atoms with van der Waals surface area (Å²) in [6.45, 7) is 18.3. The lowest BCUT2D eigenvalue weighted by Gasteiger charge is -2.42. The third-order valence-corrected chi connectivity index (χ3v) is 19.7. The summed E-state index contributed by atoms with van der Waals surface area (Å²) in [5.41, 5.74) is 3.88. The number of hydrogen-bond acceptors (Lipinski definition) is 17. The summed E-state index contributed by atoms with van der Waals surface area (Å²) in [5.74, 6) is 1.85. The van der Waals surface area contributed by atoms with Crippen LogP contribution >= 0.6 is 11.3 Å². The maximum Gasteiger partial charge on any atom is 0.410 e. The van der Waals surface area contributed by atoms with Crippen molar-refractivity contribution in [2.75, 3.05) is 68.8 Å². The number of aliphatic hydroxyl groups is 1. The molecule has 5 saturated heterocycles. The molecule has 4 aromatic heterocycles. The van der Waals surface area contributed by atoms with Gasteiger partial charge < -0.3 is 44.2 Å². The molecule has 468 valence electrons. The number of ether oxygens (including phenoxy) is 2. The van der Waals surface area contributed by atoms with Gasteiger partial charge in [-0.05, 0) is 139 Å². The summed E-state index contributed by atoms with van der Waals surface area (Å²) < 4.78 is 50.7. The Morgan fingerprint density at radius 1 is 0.899 bits per heavy atom. The smallest absolute Gasteiger partial charge is 0.410 e. The number of anilines is 2. The van der Waals surface area contributed by atoms with E-state index in [2.05, 4.69) is 41.1 Å². The molecule has 3 amide bonds. The minimum absolute atomic E-state index is 0.0273. The number of phenolic OH excluding ortho intramolecular Hbond substituents is 1. The fourth-order valence-electron chi connectivity index (χ4n) is 14.2. The number of thiazole rings is 1. The number of phenols is 1. The second kappa shape index (κ2) is 25.1. The van der Waals surface area contributed by atoms with Crippen LogP contribution in [0.15, 0.2) is 70.8 Å². The van der Waals surface area contributed by atoms with Crippen LogP contribution in [0.1, 0.15) is 121 Å². The average molecular weight is 1230 g/mol. The fraction of sp³-hybridized carbons (Fsp3) is 0.493. The Hall–Kier alpha value is -8.00. The standard InChI is InChI=1S/C67H77F2N11O8S/c1-9-49-52(68)17-14-44-28-47(81)29-50(57(44)49)59-58(69)60-51(32-70-59)62(78-33-45-15-16-46(34-78)80(45)66(85)87-67(6,7)8)74-65(73-60)86-27-26-76-22-18-41(19-23-76)42-20-24-77(25-21-42)55-31-54(88-75-55)56(37(2)3)64(84)79-35-48(82)30-53(79)63(83)72-38(4)40-10-12-43(13-11-40)61-39(5)71-36-89-61/h1,10-14,17,28-29,31-32,36-38,41-42,45-46,48,53,56,81-82H,15-16,18-27,30,33-35H2,2-8H3,(H,72,83)/t38-,45?,46?,48+,53-,56+/m0/s1. The molecule has 3 N–H and O–H groups in total. The van der Waals surface area contributed by atoms with E-state index in [1.165, 1.54) is 35.4 Å². The number of aryl methyl sites for hydroxylation is 1. The fourth-order valence-corrected chi connectivity index (χ4v) is 15.0. The molecule has 5 aliphatic heterocycles. The van der Waals surface area contributed by atoms with Crippen LogP contribution in [0.4, 0.5) is 25.2 Å². The van der Waals surface area contributed by atoms with Crippen LogP contribution in [0.2, 0.25) is 0 Å². The van der Waals surface area contributed by atoms with E-state index in [-0.39, 0.29) is 101 Å². The third kappa shape index (κ3) is 12.5. The van der Waals surface area contributed by atoms with E-state index < -0.39 is 35.3 Å². The molecule has 0 radical (unpaired) electrons. The minimum atomic E-state index is -0.841. The summed E-state index contributed by atoms with van der Waals surface area (Å²) in [7, 11) is 0. The number of aromatic hydroxyl groups is 1. The molecule has 6 atom stereocenters. The molecule has 5 fully saturated rings. The van der Waals surface area contributed by atoms with E-state index in [1.807, 2.05) is 94.1 Å². The molecule has 12 rings (SSSR count). The number of fused-ring (bicyclic) bond motifs is 4. The van der Waals surface area contributed by atoms with Crippen molar-refractivity contribution in [3.05, 3.63) is 101 Å². The molecule has 19 nitrogen and oxygen atoms in total. The monoisotopic (exact) mass is 1230 g/mol. The van der Waals surface area contributed by atoms with Crippen LogP contribution in [-0.2, 0) is 14.3 Å². The number of benzene rings is 3. The van der Waals surface area contributed by atoms with Gasteiger partial charge in [-0.1, -0.05) is 55.3 Å². The first-order valence-electron chi connectivity index (χ1n) is 31.1. The molecule has 2 unspecified atom stereocenters. The van der Waals surface area contributed by atoms with E-state index in [9.17, 15) is 24.6 Å². The number of amides is 3. The van der Waals surface area contributed by atoms with Gasteiger partial charge in [0.25, 0.3) is 0 Å². The number of pyridine rings is 1. The number of aliphatic hydroxyl groups excluding tert-OH is 1. The summed E-state index contributed by atoms with van der Waals surface area (Å²) in [6.07, 6.45) is 11.7. The molecule has 5 aliphatic rings. The number of terminal acetylenes is 1.